The van der Waals surface area contributed by atoms with E-state index in [9.17, 15) is 9.90 Å². The van der Waals surface area contributed by atoms with Gasteiger partial charge in [0.15, 0.2) is 0 Å². The van der Waals surface area contributed by atoms with Crippen molar-refractivity contribution in [2.75, 3.05) is 13.7 Å². The molecule has 0 unspecified atom stereocenters. The van der Waals surface area contributed by atoms with E-state index in [2.05, 4.69) is 4.98 Å². The van der Waals surface area contributed by atoms with Gasteiger partial charge in [0.2, 0.25) is 0 Å². The minimum atomic E-state index is -0.950. The summed E-state index contributed by atoms with van der Waals surface area (Å²) >= 11 is 12.1. The first-order valence-electron chi connectivity index (χ1n) is 9.49. The van der Waals surface area contributed by atoms with Gasteiger partial charge in [-0.2, -0.15) is 0 Å². The Kier molecular flexibility index (Phi) is 5.58. The van der Waals surface area contributed by atoms with Gasteiger partial charge in [-0.25, -0.2) is 4.79 Å². The van der Waals surface area contributed by atoms with Crippen LogP contribution < -0.4 is 4.74 Å². The highest BCUT2D eigenvalue weighted by Crippen LogP contribution is 2.42. The number of hydrogen-bond acceptors (Lipinski definition) is 3. The number of amides is 1. The number of carbonyl (C=O) groups is 1. The Balaban J connectivity index is 1.67. The van der Waals surface area contributed by atoms with E-state index in [1.165, 1.54) is 4.90 Å². The molecule has 1 N–H and O–H groups in total. The fourth-order valence-corrected chi connectivity index (χ4v) is 3.61. The first-order chi connectivity index (χ1) is 14.4. The van der Waals surface area contributed by atoms with Crippen LogP contribution in [0.5, 0.6) is 5.75 Å². The van der Waals surface area contributed by atoms with E-state index in [1.54, 1.807) is 13.2 Å². The van der Waals surface area contributed by atoms with Crippen LogP contribution >= 0.6 is 23.2 Å². The van der Waals surface area contributed by atoms with Gasteiger partial charge in [0.05, 0.1) is 17.4 Å². The summed E-state index contributed by atoms with van der Waals surface area (Å²) < 4.78 is 5.99. The van der Waals surface area contributed by atoms with Gasteiger partial charge < -0.3 is 14.7 Å². The molecule has 0 atom stereocenters. The second-order valence-electron chi connectivity index (χ2n) is 7.44. The highest BCUT2D eigenvalue weighted by Gasteiger charge is 2.49. The molecule has 1 heterocycles. The second kappa shape index (κ2) is 8.17. The highest BCUT2D eigenvalue weighted by atomic mass is 35.5. The van der Waals surface area contributed by atoms with E-state index >= 15 is 0 Å². The summed E-state index contributed by atoms with van der Waals surface area (Å²) in [5.74, 6) is 0.586. The molecule has 0 spiro atoms. The first-order valence-corrected chi connectivity index (χ1v) is 10.3. The number of halogens is 2. The maximum Gasteiger partial charge on any atom is 0.407 e. The molecule has 1 aromatic heterocycles. The average molecular weight is 443 g/mol. The molecule has 1 saturated carbocycles. The van der Waals surface area contributed by atoms with Gasteiger partial charge in [-0.05, 0) is 48.7 Å². The van der Waals surface area contributed by atoms with Crippen molar-refractivity contribution in [2.24, 2.45) is 0 Å². The molecule has 2 aromatic carbocycles. The molecular weight excluding hydrogens is 423 g/mol. The number of nitrogens with zero attached hydrogens (tertiary/aromatic N) is 2. The van der Waals surface area contributed by atoms with Crippen LogP contribution in [-0.2, 0) is 0 Å². The quantitative estimate of drug-likeness (QED) is 0.490. The van der Waals surface area contributed by atoms with Crippen LogP contribution in [0, 0.1) is 0 Å². The molecule has 154 valence electrons. The molecule has 7 heteroatoms. The molecule has 1 aliphatic rings. The Labute approximate surface area is 184 Å². The highest BCUT2D eigenvalue weighted by molar-refractivity contribution is 6.31. The van der Waals surface area contributed by atoms with Crippen LogP contribution in [0.2, 0.25) is 10.0 Å². The summed E-state index contributed by atoms with van der Waals surface area (Å²) in [5.41, 5.74) is 3.11. The maximum atomic E-state index is 11.3. The van der Waals surface area contributed by atoms with Gasteiger partial charge in [0.25, 0.3) is 0 Å². The number of likely N-dealkylation sites (N-methyl/N-ethyl adjacent to an activating group) is 1. The number of carboxylic acid groups (broad SMARTS) is 1. The van der Waals surface area contributed by atoms with Crippen LogP contribution in [0.4, 0.5) is 4.79 Å². The van der Waals surface area contributed by atoms with Crippen molar-refractivity contribution in [3.8, 4) is 28.1 Å². The van der Waals surface area contributed by atoms with Gasteiger partial charge in [-0.15, -0.1) is 0 Å². The van der Waals surface area contributed by atoms with Gasteiger partial charge >= 0.3 is 6.09 Å². The molecule has 1 aliphatic carbocycles. The van der Waals surface area contributed by atoms with Crippen LogP contribution in [0.15, 0.2) is 60.8 Å². The van der Waals surface area contributed by atoms with E-state index in [-0.39, 0.29) is 6.61 Å². The Morgan fingerprint density at radius 3 is 2.17 bits per heavy atom. The Morgan fingerprint density at radius 1 is 1.07 bits per heavy atom. The van der Waals surface area contributed by atoms with Gasteiger partial charge in [0, 0.05) is 28.2 Å². The fourth-order valence-electron chi connectivity index (χ4n) is 3.35. The number of ether oxygens (including phenoxy) is 1. The Bertz CT molecular complexity index is 1060. The van der Waals surface area contributed by atoms with Crippen molar-refractivity contribution >= 4 is 29.3 Å². The lowest BCUT2D eigenvalue weighted by molar-refractivity contribution is 0.109. The lowest BCUT2D eigenvalue weighted by Crippen LogP contribution is -2.42. The summed E-state index contributed by atoms with van der Waals surface area (Å²) in [6, 6.07) is 17.0. The molecule has 5 nitrogen and oxygen atoms in total. The lowest BCUT2D eigenvalue weighted by atomic mass is 9.99. The number of aromatic nitrogens is 1. The Hall–Kier alpha value is -2.76. The van der Waals surface area contributed by atoms with Gasteiger partial charge in [-0.3, -0.25) is 4.98 Å². The third-order valence-electron chi connectivity index (χ3n) is 5.47. The molecule has 0 saturated heterocycles. The van der Waals surface area contributed by atoms with E-state index in [0.29, 0.717) is 15.8 Å². The third-order valence-corrected chi connectivity index (χ3v) is 5.97. The normalized spacial score (nSPS) is 14.2. The van der Waals surface area contributed by atoms with Crippen LogP contribution in [-0.4, -0.2) is 40.3 Å². The van der Waals surface area contributed by atoms with Crippen molar-refractivity contribution in [2.45, 2.75) is 18.4 Å². The zero-order chi connectivity index (χ0) is 21.3. The minimum Gasteiger partial charge on any atom is -0.490 e. The van der Waals surface area contributed by atoms with Crippen LogP contribution in [0.25, 0.3) is 22.4 Å². The average Bonchev–Trinajstić information content (AvgIpc) is 3.54. The number of rotatable bonds is 6. The minimum absolute atomic E-state index is 0.290. The summed E-state index contributed by atoms with van der Waals surface area (Å²) in [7, 11) is 1.58. The molecule has 1 fully saturated rings. The topological polar surface area (TPSA) is 62.7 Å². The molecule has 0 radical (unpaired) electrons. The molecule has 0 aliphatic heterocycles. The SMILES string of the molecule is CN(C(=O)O)C1(COc2cnc(-c3ccc(Cl)cc3)c(-c3ccc(Cl)cc3)c2)CC1. The van der Waals surface area contributed by atoms with E-state index in [0.717, 1.165) is 35.2 Å². The fraction of sp³-hybridized carbons (Fsp3) is 0.217. The predicted octanol–water partition coefficient (Wildman–Crippen LogP) is 6.24. The smallest absolute Gasteiger partial charge is 0.407 e. The van der Waals surface area contributed by atoms with Crippen molar-refractivity contribution in [1.29, 1.82) is 0 Å². The van der Waals surface area contributed by atoms with Crippen molar-refractivity contribution in [3.63, 3.8) is 0 Å². The largest absolute Gasteiger partial charge is 0.490 e. The van der Waals surface area contributed by atoms with Crippen molar-refractivity contribution in [1.82, 2.24) is 9.88 Å². The zero-order valence-electron chi connectivity index (χ0n) is 16.3. The van der Waals surface area contributed by atoms with Crippen molar-refractivity contribution < 1.29 is 14.6 Å². The maximum absolute atomic E-state index is 11.3. The summed E-state index contributed by atoms with van der Waals surface area (Å²) in [4.78, 5) is 17.3. The monoisotopic (exact) mass is 442 g/mol. The zero-order valence-corrected chi connectivity index (χ0v) is 17.8. The summed E-state index contributed by atoms with van der Waals surface area (Å²) in [5, 5.41) is 10.6. The number of hydrogen-bond donors (Lipinski definition) is 1. The first kappa shape index (κ1) is 20.5. The molecule has 3 aromatic rings. The second-order valence-corrected chi connectivity index (χ2v) is 8.31. The Morgan fingerprint density at radius 2 is 1.63 bits per heavy atom. The van der Waals surface area contributed by atoms with Crippen molar-refractivity contribution in [3.05, 3.63) is 70.8 Å². The van der Waals surface area contributed by atoms with E-state index in [1.807, 2.05) is 54.6 Å². The van der Waals surface area contributed by atoms with Crippen LogP contribution in [0.3, 0.4) is 0 Å². The van der Waals surface area contributed by atoms with Gasteiger partial charge in [-0.1, -0.05) is 47.5 Å². The lowest BCUT2D eigenvalue weighted by Gasteiger charge is -2.25. The molecule has 0 bridgehead atoms. The predicted molar refractivity (Wildman–Crippen MR) is 118 cm³/mol. The molecular formula is C23H20Cl2N2O3. The van der Waals surface area contributed by atoms with Crippen LogP contribution in [0.1, 0.15) is 12.8 Å². The summed E-state index contributed by atoms with van der Waals surface area (Å²) in [6.45, 7) is 0.290. The van der Waals surface area contributed by atoms with Gasteiger partial charge in [0.1, 0.15) is 12.4 Å². The number of pyridine rings is 1. The third kappa shape index (κ3) is 4.23. The van der Waals surface area contributed by atoms with E-state index in [4.69, 9.17) is 27.9 Å². The summed E-state index contributed by atoms with van der Waals surface area (Å²) in [6.07, 6.45) is 2.29. The molecule has 1 amide bonds. The standard InChI is InChI=1S/C23H20Cl2N2O3/c1-27(22(28)29)23(10-11-23)14-30-19-12-20(15-2-6-17(24)7-3-15)21(26-13-19)16-4-8-18(25)9-5-16/h2-9,12-13H,10-11,14H2,1H3,(H,28,29). The number of benzene rings is 2. The van der Waals surface area contributed by atoms with E-state index < -0.39 is 11.6 Å². The molecule has 4 rings (SSSR count). The molecule has 30 heavy (non-hydrogen) atoms.